The summed E-state index contributed by atoms with van der Waals surface area (Å²) in [5.74, 6) is -0.540. The van der Waals surface area contributed by atoms with E-state index in [-0.39, 0.29) is 37.3 Å². The van der Waals surface area contributed by atoms with E-state index in [1.807, 2.05) is 13.8 Å². The lowest BCUT2D eigenvalue weighted by atomic mass is 9.97. The van der Waals surface area contributed by atoms with Crippen LogP contribution in [0.25, 0.3) is 0 Å². The summed E-state index contributed by atoms with van der Waals surface area (Å²) in [5.41, 5.74) is 0. The Bertz CT molecular complexity index is 539. The summed E-state index contributed by atoms with van der Waals surface area (Å²) in [7, 11) is 1.63. The molecule has 2 aliphatic heterocycles. The lowest BCUT2D eigenvalue weighted by molar-refractivity contribution is -0.151. The second-order valence-corrected chi connectivity index (χ2v) is 11.0. The molecule has 6 nitrogen and oxygen atoms in total. The van der Waals surface area contributed by atoms with Crippen molar-refractivity contribution < 1.29 is 28.5 Å². The van der Waals surface area contributed by atoms with Crippen LogP contribution in [0.1, 0.15) is 130 Å². The SMILES string of the molecule is CCCCCCCCCCCCCC[C@H]1OC(C)(C)O[C@@H]1CC[C@H](OCOC)[C@@H]1CC[C@@H](C=O)O1. The Morgan fingerprint density at radius 3 is 1.97 bits per heavy atom. The fourth-order valence-corrected chi connectivity index (χ4v) is 5.51. The third-order valence-corrected chi connectivity index (χ3v) is 7.41. The molecular weight excluding hydrogens is 444 g/mol. The number of carbonyl (C=O) groups excluding carboxylic acids is 1. The van der Waals surface area contributed by atoms with Crippen molar-refractivity contribution >= 4 is 6.29 Å². The summed E-state index contributed by atoms with van der Waals surface area (Å²) in [4.78, 5) is 11.1. The summed E-state index contributed by atoms with van der Waals surface area (Å²) < 4.78 is 29.5. The van der Waals surface area contributed by atoms with Gasteiger partial charge < -0.3 is 28.5 Å². The van der Waals surface area contributed by atoms with E-state index < -0.39 is 5.79 Å². The van der Waals surface area contributed by atoms with E-state index in [0.717, 1.165) is 38.4 Å². The zero-order valence-corrected chi connectivity index (χ0v) is 23.1. The third kappa shape index (κ3) is 12.5. The molecule has 2 fully saturated rings. The number of ether oxygens (including phenoxy) is 5. The highest BCUT2D eigenvalue weighted by Crippen LogP contribution is 2.35. The smallest absolute Gasteiger partial charge is 0.163 e. The minimum Gasteiger partial charge on any atom is -0.365 e. The molecule has 206 valence electrons. The minimum absolute atomic E-state index is 0.0644. The van der Waals surface area contributed by atoms with Crippen LogP contribution in [0, 0.1) is 0 Å². The quantitative estimate of drug-likeness (QED) is 0.0954. The number of unbranched alkanes of at least 4 members (excludes halogenated alkanes) is 11. The third-order valence-electron chi connectivity index (χ3n) is 7.41. The highest BCUT2D eigenvalue weighted by molar-refractivity contribution is 5.56. The molecule has 0 unspecified atom stereocenters. The molecule has 2 rings (SSSR count). The molecule has 0 aliphatic carbocycles. The van der Waals surface area contributed by atoms with Gasteiger partial charge in [-0.05, 0) is 46.0 Å². The van der Waals surface area contributed by atoms with Gasteiger partial charge in [0.25, 0.3) is 0 Å². The van der Waals surface area contributed by atoms with Crippen LogP contribution in [-0.2, 0) is 28.5 Å². The molecule has 0 amide bonds. The molecule has 0 saturated carbocycles. The normalized spacial score (nSPS) is 26.9. The Labute approximate surface area is 215 Å². The van der Waals surface area contributed by atoms with Crippen LogP contribution < -0.4 is 0 Å². The Morgan fingerprint density at radius 2 is 1.43 bits per heavy atom. The molecule has 6 heteroatoms. The fourth-order valence-electron chi connectivity index (χ4n) is 5.51. The van der Waals surface area contributed by atoms with E-state index in [1.165, 1.54) is 77.0 Å². The Balaban J connectivity index is 1.64. The van der Waals surface area contributed by atoms with Crippen LogP contribution in [-0.4, -0.2) is 56.5 Å². The summed E-state index contributed by atoms with van der Waals surface area (Å²) in [6.45, 7) is 6.53. The maximum Gasteiger partial charge on any atom is 0.163 e. The van der Waals surface area contributed by atoms with Gasteiger partial charge in [0, 0.05) is 7.11 Å². The Morgan fingerprint density at radius 1 is 0.857 bits per heavy atom. The second-order valence-electron chi connectivity index (χ2n) is 11.0. The molecule has 0 aromatic heterocycles. The van der Waals surface area contributed by atoms with Gasteiger partial charge in [-0.3, -0.25) is 0 Å². The summed E-state index contributed by atoms with van der Waals surface area (Å²) >= 11 is 0. The Hall–Kier alpha value is -0.530. The van der Waals surface area contributed by atoms with Gasteiger partial charge in [0.1, 0.15) is 19.2 Å². The molecular formula is C29H54O6. The number of hydrogen-bond acceptors (Lipinski definition) is 6. The van der Waals surface area contributed by atoms with Gasteiger partial charge in [0.2, 0.25) is 0 Å². The zero-order valence-electron chi connectivity index (χ0n) is 23.1. The van der Waals surface area contributed by atoms with Crippen LogP contribution in [0.2, 0.25) is 0 Å². The number of hydrogen-bond donors (Lipinski definition) is 0. The molecule has 0 aromatic carbocycles. The lowest BCUT2D eigenvalue weighted by Crippen LogP contribution is -2.33. The molecule has 0 spiro atoms. The first-order valence-electron chi connectivity index (χ1n) is 14.6. The van der Waals surface area contributed by atoms with Gasteiger partial charge >= 0.3 is 0 Å². The highest BCUT2D eigenvalue weighted by atomic mass is 16.8. The molecule has 2 saturated heterocycles. The predicted molar refractivity (Wildman–Crippen MR) is 139 cm³/mol. The molecule has 35 heavy (non-hydrogen) atoms. The molecule has 2 aliphatic rings. The highest BCUT2D eigenvalue weighted by Gasteiger charge is 2.41. The van der Waals surface area contributed by atoms with E-state index in [9.17, 15) is 4.79 Å². The molecule has 0 radical (unpaired) electrons. The van der Waals surface area contributed by atoms with Crippen LogP contribution in [0.15, 0.2) is 0 Å². The first-order valence-corrected chi connectivity index (χ1v) is 14.6. The van der Waals surface area contributed by atoms with Gasteiger partial charge in [-0.2, -0.15) is 0 Å². The first kappa shape index (κ1) is 30.7. The van der Waals surface area contributed by atoms with Crippen molar-refractivity contribution in [2.24, 2.45) is 0 Å². The van der Waals surface area contributed by atoms with E-state index in [1.54, 1.807) is 7.11 Å². The topological polar surface area (TPSA) is 63.2 Å². The van der Waals surface area contributed by atoms with Crippen molar-refractivity contribution in [1.82, 2.24) is 0 Å². The molecule has 0 bridgehead atoms. The van der Waals surface area contributed by atoms with Crippen molar-refractivity contribution in [3.63, 3.8) is 0 Å². The van der Waals surface area contributed by atoms with Gasteiger partial charge in [-0.25, -0.2) is 0 Å². The zero-order chi connectivity index (χ0) is 25.4. The van der Waals surface area contributed by atoms with Crippen molar-refractivity contribution in [3.8, 4) is 0 Å². The van der Waals surface area contributed by atoms with E-state index in [0.29, 0.717) is 0 Å². The van der Waals surface area contributed by atoms with Gasteiger partial charge in [-0.15, -0.1) is 0 Å². The average Bonchev–Trinajstić information content (AvgIpc) is 3.43. The van der Waals surface area contributed by atoms with Crippen LogP contribution >= 0.6 is 0 Å². The fraction of sp³-hybridized carbons (Fsp3) is 0.966. The largest absolute Gasteiger partial charge is 0.365 e. The van der Waals surface area contributed by atoms with Crippen molar-refractivity contribution in [1.29, 1.82) is 0 Å². The predicted octanol–water partition coefficient (Wildman–Crippen LogP) is 7.11. The Kier molecular flexibility index (Phi) is 15.6. The van der Waals surface area contributed by atoms with Crippen molar-refractivity contribution in [3.05, 3.63) is 0 Å². The van der Waals surface area contributed by atoms with Gasteiger partial charge in [-0.1, -0.05) is 84.0 Å². The molecule has 2 heterocycles. The lowest BCUT2D eigenvalue weighted by Gasteiger charge is -2.25. The van der Waals surface area contributed by atoms with Gasteiger partial charge in [0.15, 0.2) is 5.79 Å². The first-order chi connectivity index (χ1) is 17.0. The van der Waals surface area contributed by atoms with Crippen molar-refractivity contribution in [2.45, 2.75) is 166 Å². The standard InChI is InChI=1S/C29H54O6/c1-5-6-7-8-9-10-11-12-13-14-15-16-17-27-28(35-29(2,3)34-27)21-20-25(32-23-31-4)26-19-18-24(22-30)33-26/h22,24-28H,5-21,23H2,1-4H3/t24-,25-,26-,27+,28+/m0/s1. The molecule has 0 aromatic rings. The summed E-state index contributed by atoms with van der Waals surface area (Å²) in [6.07, 6.45) is 21.2. The number of carbonyl (C=O) groups is 1. The minimum atomic E-state index is -0.540. The molecule has 0 N–H and O–H groups in total. The number of aldehydes is 1. The van der Waals surface area contributed by atoms with Crippen LogP contribution in [0.3, 0.4) is 0 Å². The summed E-state index contributed by atoms with van der Waals surface area (Å²) in [6, 6.07) is 0. The summed E-state index contributed by atoms with van der Waals surface area (Å²) in [5, 5.41) is 0. The van der Waals surface area contributed by atoms with Crippen LogP contribution in [0.4, 0.5) is 0 Å². The van der Waals surface area contributed by atoms with E-state index in [2.05, 4.69) is 6.92 Å². The van der Waals surface area contributed by atoms with E-state index in [4.69, 9.17) is 23.7 Å². The number of rotatable bonds is 21. The maximum absolute atomic E-state index is 11.1. The van der Waals surface area contributed by atoms with Crippen molar-refractivity contribution in [2.75, 3.05) is 13.9 Å². The average molecular weight is 499 g/mol. The molecule has 5 atom stereocenters. The monoisotopic (exact) mass is 498 g/mol. The maximum atomic E-state index is 11.1. The second kappa shape index (κ2) is 17.8. The van der Waals surface area contributed by atoms with Gasteiger partial charge in [0.05, 0.1) is 24.4 Å². The van der Waals surface area contributed by atoms with Crippen LogP contribution in [0.5, 0.6) is 0 Å². The number of methoxy groups -OCH3 is 1. The van der Waals surface area contributed by atoms with E-state index >= 15 is 0 Å².